The van der Waals surface area contributed by atoms with E-state index < -0.39 is 0 Å². The van der Waals surface area contributed by atoms with Crippen LogP contribution in [0.1, 0.15) is 10.4 Å². The van der Waals surface area contributed by atoms with Gasteiger partial charge in [-0.2, -0.15) is 0 Å². The van der Waals surface area contributed by atoms with Crippen molar-refractivity contribution in [3.63, 3.8) is 0 Å². The van der Waals surface area contributed by atoms with Gasteiger partial charge in [0.15, 0.2) is 11.5 Å². The molecule has 5 rings (SSSR count). The molecular weight excluding hydrogens is 412 g/mol. The van der Waals surface area contributed by atoms with E-state index in [1.54, 1.807) is 12.1 Å². The van der Waals surface area contributed by atoms with Gasteiger partial charge in [0, 0.05) is 34.8 Å². The first-order valence-corrected chi connectivity index (χ1v) is 10.4. The Morgan fingerprint density at radius 3 is 2.48 bits per heavy atom. The van der Waals surface area contributed by atoms with E-state index in [-0.39, 0.29) is 0 Å². The van der Waals surface area contributed by atoms with Crippen LogP contribution in [0.25, 0.3) is 33.7 Å². The molecule has 2 aromatic carbocycles. The smallest absolute Gasteiger partial charge is 0.165 e. The lowest BCUT2D eigenvalue weighted by molar-refractivity contribution is 0.112. The Kier molecular flexibility index (Phi) is 5.32. The number of rotatable bonds is 4. The van der Waals surface area contributed by atoms with Gasteiger partial charge in [-0.25, -0.2) is 15.0 Å². The molecule has 3 heterocycles. The van der Waals surface area contributed by atoms with Crippen molar-refractivity contribution in [2.75, 3.05) is 31.2 Å². The molecule has 0 spiro atoms. The number of halogens is 1. The molecule has 31 heavy (non-hydrogen) atoms. The molecule has 1 saturated heterocycles. The standard InChI is InChI=1S/C24H19ClN4O2/c25-19-6-4-17(5-7-19)21-9-8-20-23(26-21)27-22(18-3-1-2-16(14-18)15-30)28-24(20)29-10-12-31-13-11-29/h1-9,14-15H,10-13H2. The van der Waals surface area contributed by atoms with Crippen LogP contribution in [-0.4, -0.2) is 47.5 Å². The van der Waals surface area contributed by atoms with Crippen molar-refractivity contribution in [1.82, 2.24) is 15.0 Å². The highest BCUT2D eigenvalue weighted by atomic mass is 35.5. The predicted octanol–water partition coefficient (Wildman–Crippen LogP) is 4.66. The van der Waals surface area contributed by atoms with Crippen molar-refractivity contribution in [1.29, 1.82) is 0 Å². The largest absolute Gasteiger partial charge is 0.378 e. The van der Waals surface area contributed by atoms with E-state index in [0.29, 0.717) is 35.3 Å². The molecule has 1 aliphatic rings. The van der Waals surface area contributed by atoms with Gasteiger partial charge in [-0.1, -0.05) is 41.9 Å². The van der Waals surface area contributed by atoms with Crippen LogP contribution in [0.3, 0.4) is 0 Å². The zero-order chi connectivity index (χ0) is 21.2. The average Bonchev–Trinajstić information content (AvgIpc) is 2.84. The highest BCUT2D eigenvalue weighted by Gasteiger charge is 2.19. The fraction of sp³-hybridized carbons (Fsp3) is 0.167. The maximum absolute atomic E-state index is 11.3. The molecule has 2 aromatic heterocycles. The minimum Gasteiger partial charge on any atom is -0.378 e. The lowest BCUT2D eigenvalue weighted by atomic mass is 10.1. The van der Waals surface area contributed by atoms with E-state index in [1.807, 2.05) is 48.5 Å². The van der Waals surface area contributed by atoms with Crippen molar-refractivity contribution in [2.45, 2.75) is 0 Å². The summed E-state index contributed by atoms with van der Waals surface area (Å²) in [5.74, 6) is 1.37. The number of hydrogen-bond donors (Lipinski definition) is 0. The molecule has 0 N–H and O–H groups in total. The van der Waals surface area contributed by atoms with Crippen LogP contribution in [0.15, 0.2) is 60.7 Å². The molecule has 7 heteroatoms. The normalized spacial score (nSPS) is 14.0. The summed E-state index contributed by atoms with van der Waals surface area (Å²) in [6.07, 6.45) is 0.824. The lowest BCUT2D eigenvalue weighted by Gasteiger charge is -2.28. The minimum absolute atomic E-state index is 0.540. The van der Waals surface area contributed by atoms with E-state index in [1.165, 1.54) is 0 Å². The third-order valence-corrected chi connectivity index (χ3v) is 5.52. The third-order valence-electron chi connectivity index (χ3n) is 5.27. The molecule has 0 bridgehead atoms. The fourth-order valence-corrected chi connectivity index (χ4v) is 3.80. The summed E-state index contributed by atoms with van der Waals surface area (Å²) in [7, 11) is 0. The molecule has 154 valence electrons. The zero-order valence-electron chi connectivity index (χ0n) is 16.7. The highest BCUT2D eigenvalue weighted by Crippen LogP contribution is 2.30. The van der Waals surface area contributed by atoms with Gasteiger partial charge in [-0.15, -0.1) is 0 Å². The number of benzene rings is 2. The zero-order valence-corrected chi connectivity index (χ0v) is 17.4. The molecular formula is C24H19ClN4O2. The van der Waals surface area contributed by atoms with Crippen LogP contribution in [0.2, 0.25) is 5.02 Å². The third kappa shape index (κ3) is 4.00. The van der Waals surface area contributed by atoms with Crippen LogP contribution in [-0.2, 0) is 4.74 Å². The Bertz CT molecular complexity index is 1250. The molecule has 0 amide bonds. The molecule has 0 radical (unpaired) electrons. The SMILES string of the molecule is O=Cc1cccc(-c2nc(N3CCOCC3)c3ccc(-c4ccc(Cl)cc4)nc3n2)c1. The van der Waals surface area contributed by atoms with E-state index in [9.17, 15) is 4.79 Å². The minimum atomic E-state index is 0.540. The molecule has 0 saturated carbocycles. The topological polar surface area (TPSA) is 68.2 Å². The van der Waals surface area contributed by atoms with Crippen molar-refractivity contribution < 1.29 is 9.53 Å². The van der Waals surface area contributed by atoms with Gasteiger partial charge in [0.05, 0.1) is 24.3 Å². The van der Waals surface area contributed by atoms with Gasteiger partial charge >= 0.3 is 0 Å². The summed E-state index contributed by atoms with van der Waals surface area (Å²) in [6, 6.07) is 18.9. The number of nitrogens with zero attached hydrogens (tertiary/aromatic N) is 4. The summed E-state index contributed by atoms with van der Waals surface area (Å²) >= 11 is 6.03. The van der Waals surface area contributed by atoms with E-state index in [2.05, 4.69) is 4.90 Å². The Morgan fingerprint density at radius 2 is 1.71 bits per heavy atom. The number of carbonyl (C=O) groups is 1. The second-order valence-corrected chi connectivity index (χ2v) is 7.72. The summed E-state index contributed by atoms with van der Waals surface area (Å²) in [5, 5.41) is 1.56. The molecule has 0 aliphatic carbocycles. The molecule has 1 aliphatic heterocycles. The first kappa shape index (κ1) is 19.6. The van der Waals surface area contributed by atoms with Gasteiger partial charge < -0.3 is 9.64 Å². The number of hydrogen-bond acceptors (Lipinski definition) is 6. The summed E-state index contributed by atoms with van der Waals surface area (Å²) in [4.78, 5) is 27.9. The number of carbonyl (C=O) groups excluding carboxylic acids is 1. The van der Waals surface area contributed by atoms with E-state index in [0.717, 1.165) is 47.4 Å². The van der Waals surface area contributed by atoms with Crippen LogP contribution in [0.4, 0.5) is 5.82 Å². The van der Waals surface area contributed by atoms with E-state index in [4.69, 9.17) is 31.3 Å². The van der Waals surface area contributed by atoms with Gasteiger partial charge in [-0.3, -0.25) is 4.79 Å². The molecule has 6 nitrogen and oxygen atoms in total. The Hall–Kier alpha value is -3.35. The van der Waals surface area contributed by atoms with Crippen LogP contribution in [0.5, 0.6) is 0 Å². The van der Waals surface area contributed by atoms with Crippen LogP contribution < -0.4 is 4.90 Å². The first-order valence-electron chi connectivity index (χ1n) is 10.0. The van der Waals surface area contributed by atoms with Crippen molar-refractivity contribution in [3.8, 4) is 22.6 Å². The molecule has 0 atom stereocenters. The monoisotopic (exact) mass is 430 g/mol. The van der Waals surface area contributed by atoms with Crippen LogP contribution in [0, 0.1) is 0 Å². The number of aromatic nitrogens is 3. The maximum atomic E-state index is 11.3. The number of aldehydes is 1. The molecule has 0 unspecified atom stereocenters. The van der Waals surface area contributed by atoms with Gasteiger partial charge in [-0.05, 0) is 30.3 Å². The number of ether oxygens (including phenoxy) is 1. The van der Waals surface area contributed by atoms with Gasteiger partial charge in [0.1, 0.15) is 12.1 Å². The van der Waals surface area contributed by atoms with Crippen molar-refractivity contribution in [2.24, 2.45) is 0 Å². The number of morpholine rings is 1. The van der Waals surface area contributed by atoms with Gasteiger partial charge in [0.2, 0.25) is 0 Å². The summed E-state index contributed by atoms with van der Waals surface area (Å²) in [5.41, 5.74) is 3.73. The molecule has 4 aromatic rings. The fourth-order valence-electron chi connectivity index (χ4n) is 3.67. The van der Waals surface area contributed by atoms with Crippen LogP contribution >= 0.6 is 11.6 Å². The second kappa shape index (κ2) is 8.41. The van der Waals surface area contributed by atoms with Crippen molar-refractivity contribution >= 4 is 34.7 Å². The lowest BCUT2D eigenvalue weighted by Crippen LogP contribution is -2.37. The number of fused-ring (bicyclic) bond motifs is 1. The maximum Gasteiger partial charge on any atom is 0.165 e. The van der Waals surface area contributed by atoms with Crippen molar-refractivity contribution in [3.05, 3.63) is 71.2 Å². The number of pyridine rings is 1. The quantitative estimate of drug-likeness (QED) is 0.438. The number of anilines is 1. The second-order valence-electron chi connectivity index (χ2n) is 7.29. The summed E-state index contributed by atoms with van der Waals surface area (Å²) < 4.78 is 5.51. The Labute approximate surface area is 184 Å². The van der Waals surface area contributed by atoms with E-state index >= 15 is 0 Å². The predicted molar refractivity (Wildman–Crippen MR) is 122 cm³/mol. The molecule has 1 fully saturated rings. The average molecular weight is 431 g/mol. The first-order chi connectivity index (χ1) is 15.2. The summed E-state index contributed by atoms with van der Waals surface area (Å²) in [6.45, 7) is 2.80. The Morgan fingerprint density at radius 1 is 0.903 bits per heavy atom. The highest BCUT2D eigenvalue weighted by molar-refractivity contribution is 6.30. The Balaban J connectivity index is 1.69. The van der Waals surface area contributed by atoms with Gasteiger partial charge in [0.25, 0.3) is 0 Å².